The van der Waals surface area contributed by atoms with Crippen LogP contribution >= 0.6 is 0 Å². The molecule has 2 atom stereocenters. The zero-order chi connectivity index (χ0) is 23.9. The molecule has 33 heavy (non-hydrogen) atoms. The molecule has 8 heteroatoms. The number of hydrogen-bond acceptors (Lipinski definition) is 6. The molecule has 0 saturated heterocycles. The summed E-state index contributed by atoms with van der Waals surface area (Å²) in [6.45, 7) is 5.20. The van der Waals surface area contributed by atoms with Gasteiger partial charge in [0.2, 0.25) is 0 Å². The van der Waals surface area contributed by atoms with E-state index in [1.165, 1.54) is 11.2 Å². The fourth-order valence-electron chi connectivity index (χ4n) is 3.92. The van der Waals surface area contributed by atoms with Gasteiger partial charge >= 0.3 is 0 Å². The molecule has 0 bridgehead atoms. The minimum Gasteiger partial charge on any atom is -0.612 e. The molecule has 1 aliphatic rings. The average molecular weight is 465 g/mol. The van der Waals surface area contributed by atoms with Crippen molar-refractivity contribution in [1.29, 1.82) is 0 Å². The molecule has 4 rings (SSSR count). The lowest BCUT2D eigenvalue weighted by Gasteiger charge is -2.29. The van der Waals surface area contributed by atoms with Crippen LogP contribution in [-0.4, -0.2) is 32.8 Å². The Morgan fingerprint density at radius 3 is 2.36 bits per heavy atom. The number of hydrogen-bond donors (Lipinski definition) is 1. The molecule has 1 aliphatic heterocycles. The molecule has 7 nitrogen and oxygen atoms in total. The number of benzene rings is 2. The second kappa shape index (κ2) is 8.53. The van der Waals surface area contributed by atoms with Crippen molar-refractivity contribution in [2.45, 2.75) is 31.7 Å². The van der Waals surface area contributed by atoms with Crippen molar-refractivity contribution < 1.29 is 23.8 Å². The predicted molar refractivity (Wildman–Crippen MR) is 125 cm³/mol. The number of aliphatic hydroxyl groups is 1. The van der Waals surface area contributed by atoms with Crippen LogP contribution in [-0.2, 0) is 20.8 Å². The molecule has 2 unspecified atom stereocenters. The monoisotopic (exact) mass is 464 g/mol. The summed E-state index contributed by atoms with van der Waals surface area (Å²) in [7, 11) is 0. The number of aromatic nitrogens is 1. The number of amides is 1. The predicted octanol–water partition coefficient (Wildman–Crippen LogP) is 4.59. The van der Waals surface area contributed by atoms with Gasteiger partial charge in [0.05, 0.1) is 11.6 Å². The van der Waals surface area contributed by atoms with Crippen molar-refractivity contribution in [2.75, 3.05) is 11.2 Å². The maximum absolute atomic E-state index is 13.4. The van der Waals surface area contributed by atoms with Crippen molar-refractivity contribution in [1.82, 2.24) is 5.16 Å². The van der Waals surface area contributed by atoms with Gasteiger partial charge in [0, 0.05) is 28.3 Å². The average Bonchev–Trinajstić information content (AvgIpc) is 3.40. The Balaban J connectivity index is 1.88. The second-order valence-corrected chi connectivity index (χ2v) is 10.2. The summed E-state index contributed by atoms with van der Waals surface area (Å²) in [5.41, 5.74) is 1.61. The molecule has 170 valence electrons. The highest BCUT2D eigenvalue weighted by molar-refractivity contribution is 7.90. The molecular formula is C25H24N2O5S. The van der Waals surface area contributed by atoms with Crippen molar-refractivity contribution in [2.24, 2.45) is 5.41 Å². The normalized spacial score (nSPS) is 17.5. The Hall–Kier alpha value is -3.36. The number of Topliss-reactive ketones (excluding diaryl/α,β-unsaturated/α-hetero) is 1. The first kappa shape index (κ1) is 22.8. The highest BCUT2D eigenvalue weighted by atomic mass is 32.2. The first-order valence-electron chi connectivity index (χ1n) is 10.4. The number of aliphatic hydroxyl groups excluding tert-OH is 1. The lowest BCUT2D eigenvalue weighted by Crippen LogP contribution is -2.33. The van der Waals surface area contributed by atoms with Gasteiger partial charge in [0.15, 0.2) is 16.4 Å². The summed E-state index contributed by atoms with van der Waals surface area (Å²) < 4.78 is 17.4. The van der Waals surface area contributed by atoms with Crippen LogP contribution in [0.2, 0.25) is 0 Å². The van der Waals surface area contributed by atoms with Crippen molar-refractivity contribution >= 4 is 28.6 Å². The standard InChI is InChI=1S/C25H24N2O5S/c1-25(2,3)23(29)20-21(17-7-5-6-8-19(17)33(4)31)27(24(30)22(20)28)16-11-9-15(10-12-16)18-13-14-32-26-18/h5-14,21,28H,1-4H3. The van der Waals surface area contributed by atoms with Crippen LogP contribution in [0.25, 0.3) is 11.3 Å². The third-order valence-corrected chi connectivity index (χ3v) is 6.53. The van der Waals surface area contributed by atoms with Crippen molar-refractivity contribution in [3.8, 4) is 11.3 Å². The highest BCUT2D eigenvalue weighted by Crippen LogP contribution is 2.45. The Kier molecular flexibility index (Phi) is 5.90. The fourth-order valence-corrected chi connectivity index (χ4v) is 4.71. The Labute approximate surface area is 194 Å². The Morgan fingerprint density at radius 2 is 1.79 bits per heavy atom. The van der Waals surface area contributed by atoms with Gasteiger partial charge in [0.1, 0.15) is 18.2 Å². The Bertz CT molecular complexity index is 1220. The van der Waals surface area contributed by atoms with Crippen LogP contribution in [0, 0.1) is 5.41 Å². The van der Waals surface area contributed by atoms with Gasteiger partial charge in [-0.3, -0.25) is 14.5 Å². The number of anilines is 1. The minimum atomic E-state index is -1.38. The van der Waals surface area contributed by atoms with E-state index in [0.29, 0.717) is 21.8 Å². The quantitative estimate of drug-likeness (QED) is 0.553. The maximum Gasteiger partial charge on any atom is 0.294 e. The molecule has 0 spiro atoms. The number of carbonyl (C=O) groups excluding carboxylic acids is 2. The third-order valence-electron chi connectivity index (χ3n) is 5.54. The zero-order valence-electron chi connectivity index (χ0n) is 18.7. The van der Waals surface area contributed by atoms with Gasteiger partial charge in [0.25, 0.3) is 5.91 Å². The summed E-state index contributed by atoms with van der Waals surface area (Å²) in [6.07, 6.45) is 3.01. The summed E-state index contributed by atoms with van der Waals surface area (Å²) in [5, 5.41) is 14.8. The smallest absolute Gasteiger partial charge is 0.294 e. The van der Waals surface area contributed by atoms with E-state index < -0.39 is 34.3 Å². The van der Waals surface area contributed by atoms with E-state index in [1.54, 1.807) is 81.6 Å². The second-order valence-electron chi connectivity index (χ2n) is 8.84. The molecule has 0 saturated carbocycles. The summed E-state index contributed by atoms with van der Waals surface area (Å²) >= 11 is -1.38. The van der Waals surface area contributed by atoms with E-state index in [4.69, 9.17) is 4.52 Å². The number of rotatable bonds is 5. The molecule has 3 aromatic rings. The first-order chi connectivity index (χ1) is 15.6. The van der Waals surface area contributed by atoms with Crippen LogP contribution in [0.3, 0.4) is 0 Å². The summed E-state index contributed by atoms with van der Waals surface area (Å²) in [5.74, 6) is -1.62. The number of nitrogens with zero attached hydrogens (tertiary/aromatic N) is 2. The van der Waals surface area contributed by atoms with E-state index in [9.17, 15) is 19.2 Å². The molecule has 2 heterocycles. The number of ketones is 1. The van der Waals surface area contributed by atoms with Gasteiger partial charge in [-0.25, -0.2) is 0 Å². The molecule has 2 aromatic carbocycles. The summed E-state index contributed by atoms with van der Waals surface area (Å²) in [6, 6.07) is 14.8. The first-order valence-corrected chi connectivity index (χ1v) is 11.9. The number of carbonyl (C=O) groups is 2. The van der Waals surface area contributed by atoms with Crippen LogP contribution in [0.15, 0.2) is 81.6 Å². The van der Waals surface area contributed by atoms with E-state index in [0.717, 1.165) is 5.56 Å². The SMILES string of the molecule is C[S+]([O-])c1ccccc1C1C(C(=O)C(C)(C)C)=C(O)C(=O)N1c1ccc(-c2ccon2)cc1. The molecular weight excluding hydrogens is 440 g/mol. The third kappa shape index (κ3) is 4.07. The Morgan fingerprint density at radius 1 is 1.12 bits per heavy atom. The molecule has 1 aromatic heterocycles. The topological polar surface area (TPSA) is 107 Å². The zero-order valence-corrected chi connectivity index (χ0v) is 19.6. The van der Waals surface area contributed by atoms with E-state index in [2.05, 4.69) is 5.16 Å². The lowest BCUT2D eigenvalue weighted by atomic mass is 9.82. The van der Waals surface area contributed by atoms with Crippen LogP contribution in [0.5, 0.6) is 0 Å². The van der Waals surface area contributed by atoms with Gasteiger partial charge in [-0.15, -0.1) is 0 Å². The molecule has 0 aliphatic carbocycles. The minimum absolute atomic E-state index is 0.00553. The van der Waals surface area contributed by atoms with E-state index >= 15 is 0 Å². The van der Waals surface area contributed by atoms with E-state index in [1.807, 2.05) is 0 Å². The van der Waals surface area contributed by atoms with Gasteiger partial charge < -0.3 is 14.2 Å². The van der Waals surface area contributed by atoms with Crippen LogP contribution in [0.1, 0.15) is 32.4 Å². The molecule has 1 amide bonds. The fraction of sp³-hybridized carbons (Fsp3) is 0.240. The van der Waals surface area contributed by atoms with Gasteiger partial charge in [-0.2, -0.15) is 0 Å². The van der Waals surface area contributed by atoms with E-state index in [-0.39, 0.29) is 11.4 Å². The molecule has 1 N–H and O–H groups in total. The maximum atomic E-state index is 13.4. The van der Waals surface area contributed by atoms with Crippen LogP contribution in [0.4, 0.5) is 5.69 Å². The van der Waals surface area contributed by atoms with Crippen molar-refractivity contribution in [3.05, 3.63) is 77.8 Å². The highest BCUT2D eigenvalue weighted by Gasteiger charge is 2.48. The van der Waals surface area contributed by atoms with Gasteiger partial charge in [-0.1, -0.05) is 56.3 Å². The molecule has 0 radical (unpaired) electrons. The van der Waals surface area contributed by atoms with Crippen LogP contribution < -0.4 is 4.90 Å². The lowest BCUT2D eigenvalue weighted by molar-refractivity contribution is -0.123. The largest absolute Gasteiger partial charge is 0.612 e. The summed E-state index contributed by atoms with van der Waals surface area (Å²) in [4.78, 5) is 28.5. The molecule has 0 fully saturated rings. The van der Waals surface area contributed by atoms with Gasteiger partial charge in [-0.05, 0) is 29.4 Å². The van der Waals surface area contributed by atoms with Crippen molar-refractivity contribution in [3.63, 3.8) is 0 Å².